The Hall–Kier alpha value is -2.51. The van der Waals surface area contributed by atoms with Crippen LogP contribution in [0.15, 0.2) is 41.2 Å². The average molecular weight is 497 g/mol. The molecule has 1 aliphatic carbocycles. The van der Waals surface area contributed by atoms with Crippen molar-refractivity contribution in [3.63, 3.8) is 0 Å². The lowest BCUT2D eigenvalue weighted by atomic mass is 9.82. The molecule has 0 atom stereocenters. The smallest absolute Gasteiger partial charge is 0.338 e. The number of benzene rings is 1. The molecule has 0 aliphatic heterocycles. The Morgan fingerprint density at radius 3 is 2.41 bits per heavy atom. The van der Waals surface area contributed by atoms with Gasteiger partial charge in [0.2, 0.25) is 5.91 Å². The summed E-state index contributed by atoms with van der Waals surface area (Å²) in [5, 5.41) is 12.6. The lowest BCUT2D eigenvalue weighted by molar-refractivity contribution is -0.123. The predicted molar refractivity (Wildman–Crippen MR) is 140 cm³/mol. The molecule has 34 heavy (non-hydrogen) atoms. The Balaban J connectivity index is 1.57. The van der Waals surface area contributed by atoms with Crippen molar-refractivity contribution in [2.24, 2.45) is 11.8 Å². The van der Waals surface area contributed by atoms with E-state index >= 15 is 0 Å². The number of nitrogens with zero attached hydrogens (tertiary/aromatic N) is 2. The number of amides is 1. The summed E-state index contributed by atoms with van der Waals surface area (Å²) in [6, 6.07) is 9.89. The van der Waals surface area contributed by atoms with Crippen LogP contribution in [0.2, 0.25) is 0 Å². The number of aryl methyl sites for hydroxylation is 2. The fraction of sp³-hybridized carbons (Fsp3) is 0.444. The van der Waals surface area contributed by atoms with Crippen LogP contribution < -0.4 is 4.90 Å². The van der Waals surface area contributed by atoms with Gasteiger partial charge in [-0.15, -0.1) is 22.7 Å². The Bertz CT molecular complexity index is 1110. The maximum atomic E-state index is 13.5. The van der Waals surface area contributed by atoms with E-state index in [0.29, 0.717) is 10.9 Å². The van der Waals surface area contributed by atoms with E-state index in [0.717, 1.165) is 54.7 Å². The van der Waals surface area contributed by atoms with E-state index in [1.807, 2.05) is 31.5 Å². The van der Waals surface area contributed by atoms with Crippen LogP contribution in [0.25, 0.3) is 10.4 Å². The van der Waals surface area contributed by atoms with Crippen molar-refractivity contribution >= 4 is 39.6 Å². The van der Waals surface area contributed by atoms with Crippen molar-refractivity contribution in [3.05, 3.63) is 58.0 Å². The quantitative estimate of drug-likeness (QED) is 0.367. The molecule has 4 rings (SSSR count). The highest BCUT2D eigenvalue weighted by Crippen LogP contribution is 2.41. The van der Waals surface area contributed by atoms with Crippen molar-refractivity contribution < 1.29 is 14.7 Å². The molecule has 2 heterocycles. The summed E-state index contributed by atoms with van der Waals surface area (Å²) in [5.74, 6) is -0.296. The van der Waals surface area contributed by atoms with Gasteiger partial charge in [-0.1, -0.05) is 31.2 Å². The van der Waals surface area contributed by atoms with Gasteiger partial charge in [-0.25, -0.2) is 9.78 Å². The molecule has 0 spiro atoms. The molecular weight excluding hydrogens is 464 g/mol. The third-order valence-electron chi connectivity index (χ3n) is 6.67. The van der Waals surface area contributed by atoms with Crippen LogP contribution in [0.5, 0.6) is 0 Å². The molecule has 0 saturated heterocycles. The third-order valence-corrected chi connectivity index (χ3v) is 8.49. The minimum atomic E-state index is -0.993. The second kappa shape index (κ2) is 10.8. The van der Waals surface area contributed by atoms with E-state index in [1.54, 1.807) is 22.3 Å². The molecule has 0 bridgehead atoms. The third kappa shape index (κ3) is 5.58. The van der Waals surface area contributed by atoms with Crippen molar-refractivity contribution in [2.75, 3.05) is 4.90 Å². The van der Waals surface area contributed by atoms with Crippen LogP contribution in [-0.4, -0.2) is 28.0 Å². The van der Waals surface area contributed by atoms with Crippen LogP contribution in [-0.2, 0) is 17.6 Å². The first-order valence-corrected chi connectivity index (χ1v) is 13.8. The Labute approximate surface area is 209 Å². The zero-order valence-electron chi connectivity index (χ0n) is 20.0. The number of carbonyl (C=O) groups is 2. The van der Waals surface area contributed by atoms with E-state index in [1.165, 1.54) is 16.9 Å². The van der Waals surface area contributed by atoms with Gasteiger partial charge in [-0.05, 0) is 75.5 Å². The Kier molecular flexibility index (Phi) is 7.84. The van der Waals surface area contributed by atoms with Crippen molar-refractivity contribution in [2.45, 2.75) is 65.3 Å². The normalized spacial score (nSPS) is 18.2. The molecule has 1 aliphatic rings. The van der Waals surface area contributed by atoms with Gasteiger partial charge in [-0.3, -0.25) is 4.79 Å². The first-order valence-electron chi connectivity index (χ1n) is 12.0. The van der Waals surface area contributed by atoms with Gasteiger partial charge in [0.25, 0.3) is 0 Å². The van der Waals surface area contributed by atoms with Gasteiger partial charge in [0.1, 0.15) is 5.00 Å². The SMILES string of the molecule is CC(C)N(c1sc(-c2ccc(CCc3cscn3)cc2)cc1C(=O)O)C(=O)[C@H]1CC[C@H](C)CC1. The molecule has 1 saturated carbocycles. The standard InChI is InChI=1S/C27H32N2O3S2/c1-17(2)29(25(30)21-9-4-18(3)5-10-21)26-23(27(31)32)14-24(34-26)20-11-6-19(7-12-20)8-13-22-15-33-16-28-22/h6-7,11-12,14-18,21H,4-5,8-10,13H2,1-3H3,(H,31,32)/t18-,21-. The molecule has 2 aromatic heterocycles. The number of anilines is 1. The van der Waals surface area contributed by atoms with E-state index in [2.05, 4.69) is 29.4 Å². The number of hydrogen-bond donors (Lipinski definition) is 1. The first-order chi connectivity index (χ1) is 16.3. The molecule has 1 amide bonds. The van der Waals surface area contributed by atoms with Gasteiger partial charge in [0.05, 0.1) is 16.8 Å². The number of hydrogen-bond acceptors (Lipinski definition) is 5. The lowest BCUT2D eigenvalue weighted by Gasteiger charge is -2.33. The summed E-state index contributed by atoms with van der Waals surface area (Å²) in [4.78, 5) is 32.6. The van der Waals surface area contributed by atoms with Crippen LogP contribution in [0.3, 0.4) is 0 Å². The monoisotopic (exact) mass is 496 g/mol. The number of thiophene rings is 1. The van der Waals surface area contributed by atoms with E-state index < -0.39 is 5.97 Å². The number of carboxylic acids is 1. The van der Waals surface area contributed by atoms with Gasteiger partial charge in [0.15, 0.2) is 0 Å². The molecular formula is C27H32N2O3S2. The molecule has 3 aromatic rings. The molecule has 1 N–H and O–H groups in total. The minimum Gasteiger partial charge on any atom is -0.478 e. The second-order valence-electron chi connectivity index (χ2n) is 9.57. The van der Waals surface area contributed by atoms with Crippen LogP contribution in [0, 0.1) is 11.8 Å². The molecule has 180 valence electrons. The number of thiazole rings is 1. The lowest BCUT2D eigenvalue weighted by Crippen LogP contribution is -2.42. The summed E-state index contributed by atoms with van der Waals surface area (Å²) in [5.41, 5.74) is 5.36. The van der Waals surface area contributed by atoms with Crippen LogP contribution in [0.1, 0.15) is 68.1 Å². The Morgan fingerprint density at radius 1 is 1.12 bits per heavy atom. The number of carbonyl (C=O) groups excluding carboxylic acids is 1. The van der Waals surface area contributed by atoms with E-state index in [-0.39, 0.29) is 23.4 Å². The minimum absolute atomic E-state index is 0.0252. The molecule has 0 radical (unpaired) electrons. The first kappa shape index (κ1) is 24.6. The molecule has 5 nitrogen and oxygen atoms in total. The molecule has 1 aromatic carbocycles. The number of rotatable bonds is 8. The van der Waals surface area contributed by atoms with Gasteiger partial charge >= 0.3 is 5.97 Å². The van der Waals surface area contributed by atoms with Crippen LogP contribution >= 0.6 is 22.7 Å². The van der Waals surface area contributed by atoms with Crippen molar-refractivity contribution in [1.82, 2.24) is 4.98 Å². The zero-order chi connectivity index (χ0) is 24.2. The number of aromatic carboxylic acids is 1. The average Bonchev–Trinajstić information content (AvgIpc) is 3.49. The predicted octanol–water partition coefficient (Wildman–Crippen LogP) is 6.92. The zero-order valence-corrected chi connectivity index (χ0v) is 21.6. The summed E-state index contributed by atoms with van der Waals surface area (Å²) in [6.45, 7) is 6.16. The maximum Gasteiger partial charge on any atom is 0.338 e. The maximum absolute atomic E-state index is 13.5. The van der Waals surface area contributed by atoms with Crippen molar-refractivity contribution in [3.8, 4) is 10.4 Å². The summed E-state index contributed by atoms with van der Waals surface area (Å²) in [6.07, 6.45) is 5.69. The fourth-order valence-corrected chi connectivity index (χ4v) is 6.50. The number of carboxylic acid groups (broad SMARTS) is 1. The largest absolute Gasteiger partial charge is 0.478 e. The summed E-state index contributed by atoms with van der Waals surface area (Å²) in [7, 11) is 0. The molecule has 1 fully saturated rings. The molecule has 7 heteroatoms. The van der Waals surface area contributed by atoms with Crippen LogP contribution in [0.4, 0.5) is 5.00 Å². The van der Waals surface area contributed by atoms with Crippen molar-refractivity contribution in [1.29, 1.82) is 0 Å². The fourth-order valence-electron chi connectivity index (χ4n) is 4.62. The topological polar surface area (TPSA) is 70.5 Å². The Morgan fingerprint density at radius 2 is 1.82 bits per heavy atom. The molecule has 0 unspecified atom stereocenters. The van der Waals surface area contributed by atoms with Gasteiger partial charge in [-0.2, -0.15) is 0 Å². The van der Waals surface area contributed by atoms with Gasteiger partial charge < -0.3 is 10.0 Å². The second-order valence-corrected chi connectivity index (χ2v) is 11.3. The highest BCUT2D eigenvalue weighted by atomic mass is 32.1. The summed E-state index contributed by atoms with van der Waals surface area (Å²) < 4.78 is 0. The number of aromatic nitrogens is 1. The highest BCUT2D eigenvalue weighted by molar-refractivity contribution is 7.20. The summed E-state index contributed by atoms with van der Waals surface area (Å²) >= 11 is 3.01. The van der Waals surface area contributed by atoms with E-state index in [4.69, 9.17) is 0 Å². The van der Waals surface area contributed by atoms with E-state index in [9.17, 15) is 14.7 Å². The highest BCUT2D eigenvalue weighted by Gasteiger charge is 2.33. The van der Waals surface area contributed by atoms with Gasteiger partial charge in [0, 0.05) is 22.2 Å².